The Morgan fingerprint density at radius 1 is 1.47 bits per heavy atom. The lowest BCUT2D eigenvalue weighted by Crippen LogP contribution is -2.31. The van der Waals surface area contributed by atoms with Gasteiger partial charge in [-0.15, -0.1) is 0 Å². The Hall–Kier alpha value is -0.900. The number of aryl methyl sites for hydroxylation is 1. The minimum atomic E-state index is 0.306. The van der Waals surface area contributed by atoms with Crippen LogP contribution in [0.1, 0.15) is 38.4 Å². The third-order valence-electron chi connectivity index (χ3n) is 3.63. The van der Waals surface area contributed by atoms with Gasteiger partial charge in [0.25, 0.3) is 0 Å². The van der Waals surface area contributed by atoms with Gasteiger partial charge in [0.05, 0.1) is 0 Å². The van der Waals surface area contributed by atoms with Crippen LogP contribution in [0.5, 0.6) is 0 Å². The fraction of sp³-hybridized carbons (Fsp3) is 0.818. The Bertz CT molecular complexity index is 312. The first kappa shape index (κ1) is 10.6. The molecule has 1 heterocycles. The Kier molecular flexibility index (Phi) is 3.05. The predicted molar refractivity (Wildman–Crippen MR) is 59.4 cm³/mol. The van der Waals surface area contributed by atoms with Crippen molar-refractivity contribution < 1.29 is 0 Å². The van der Waals surface area contributed by atoms with Crippen LogP contribution in [-0.4, -0.2) is 21.3 Å². The molecule has 0 aliphatic heterocycles. The molecular weight excluding hydrogens is 188 g/mol. The fourth-order valence-corrected chi connectivity index (χ4v) is 2.60. The molecule has 0 bridgehead atoms. The Morgan fingerprint density at radius 3 is 2.80 bits per heavy atom. The largest absolute Gasteiger partial charge is 0.330 e. The van der Waals surface area contributed by atoms with E-state index < -0.39 is 0 Å². The summed E-state index contributed by atoms with van der Waals surface area (Å²) in [5.41, 5.74) is 6.22. The number of aromatic nitrogens is 3. The maximum atomic E-state index is 5.92. The van der Waals surface area contributed by atoms with Crippen molar-refractivity contribution in [1.29, 1.82) is 0 Å². The summed E-state index contributed by atoms with van der Waals surface area (Å²) in [6.45, 7) is 3.78. The van der Waals surface area contributed by atoms with Gasteiger partial charge in [0.1, 0.15) is 12.2 Å². The van der Waals surface area contributed by atoms with E-state index in [1.54, 1.807) is 6.33 Å². The van der Waals surface area contributed by atoms with E-state index >= 15 is 0 Å². The van der Waals surface area contributed by atoms with Crippen molar-refractivity contribution in [3.05, 3.63) is 12.2 Å². The molecule has 2 rings (SSSR count). The van der Waals surface area contributed by atoms with Gasteiger partial charge in [-0.05, 0) is 31.7 Å². The van der Waals surface area contributed by atoms with Crippen molar-refractivity contribution in [1.82, 2.24) is 14.8 Å². The minimum absolute atomic E-state index is 0.306. The number of nitrogens with two attached hydrogens (primary N) is 1. The molecule has 15 heavy (non-hydrogen) atoms. The van der Waals surface area contributed by atoms with E-state index in [-0.39, 0.29) is 0 Å². The second-order valence-corrected chi connectivity index (χ2v) is 4.58. The Morgan fingerprint density at radius 2 is 2.20 bits per heavy atom. The van der Waals surface area contributed by atoms with E-state index in [4.69, 9.17) is 5.73 Å². The monoisotopic (exact) mass is 208 g/mol. The summed E-state index contributed by atoms with van der Waals surface area (Å²) in [5.74, 6) is 1.10. The van der Waals surface area contributed by atoms with Crippen molar-refractivity contribution in [3.8, 4) is 0 Å². The smallest absolute Gasteiger partial charge is 0.138 e. The normalized spacial score (nSPS) is 19.6. The highest BCUT2D eigenvalue weighted by Crippen LogP contribution is 2.39. The molecule has 1 saturated carbocycles. The second kappa shape index (κ2) is 4.31. The second-order valence-electron chi connectivity index (χ2n) is 4.58. The van der Waals surface area contributed by atoms with E-state index in [9.17, 15) is 0 Å². The molecule has 1 fully saturated rings. The lowest BCUT2D eigenvalue weighted by molar-refractivity contribution is 0.294. The van der Waals surface area contributed by atoms with Gasteiger partial charge in [-0.2, -0.15) is 5.10 Å². The summed E-state index contributed by atoms with van der Waals surface area (Å²) in [5, 5.41) is 4.21. The van der Waals surface area contributed by atoms with E-state index in [1.807, 2.05) is 4.68 Å². The van der Waals surface area contributed by atoms with Crippen LogP contribution in [0.15, 0.2) is 6.33 Å². The first-order valence-electron chi connectivity index (χ1n) is 5.86. The van der Waals surface area contributed by atoms with Crippen molar-refractivity contribution in [2.75, 3.05) is 6.54 Å². The molecule has 0 saturated heterocycles. The molecule has 0 spiro atoms. The molecule has 1 aliphatic rings. The molecule has 0 radical (unpaired) electrons. The van der Waals surface area contributed by atoms with Crippen LogP contribution < -0.4 is 5.73 Å². The SMILES string of the molecule is CCn1ncnc1CC1(CN)CCCC1. The summed E-state index contributed by atoms with van der Waals surface area (Å²) >= 11 is 0. The van der Waals surface area contributed by atoms with Crippen LogP contribution in [0.4, 0.5) is 0 Å². The highest BCUT2D eigenvalue weighted by atomic mass is 15.3. The van der Waals surface area contributed by atoms with Crippen molar-refractivity contribution in [2.24, 2.45) is 11.1 Å². The molecule has 1 aliphatic carbocycles. The van der Waals surface area contributed by atoms with Crippen LogP contribution in [-0.2, 0) is 13.0 Å². The third kappa shape index (κ3) is 2.04. The summed E-state index contributed by atoms with van der Waals surface area (Å²) in [6.07, 6.45) is 7.78. The molecule has 1 aromatic rings. The van der Waals surface area contributed by atoms with E-state index in [1.165, 1.54) is 25.7 Å². The third-order valence-corrected chi connectivity index (χ3v) is 3.63. The first-order chi connectivity index (χ1) is 7.29. The lowest BCUT2D eigenvalue weighted by Gasteiger charge is -2.26. The van der Waals surface area contributed by atoms with E-state index in [2.05, 4.69) is 17.0 Å². The number of hydrogen-bond acceptors (Lipinski definition) is 3. The standard InChI is InChI=1S/C11H20N4/c1-2-15-10(13-9-14-15)7-11(8-12)5-3-4-6-11/h9H,2-8,12H2,1H3. The molecule has 0 unspecified atom stereocenters. The van der Waals surface area contributed by atoms with Gasteiger partial charge in [0.15, 0.2) is 0 Å². The fourth-order valence-electron chi connectivity index (χ4n) is 2.60. The number of nitrogens with zero attached hydrogens (tertiary/aromatic N) is 3. The van der Waals surface area contributed by atoms with E-state index in [0.29, 0.717) is 5.41 Å². The molecule has 4 heteroatoms. The number of hydrogen-bond donors (Lipinski definition) is 1. The van der Waals surface area contributed by atoms with Crippen LogP contribution >= 0.6 is 0 Å². The van der Waals surface area contributed by atoms with Crippen molar-refractivity contribution >= 4 is 0 Å². The van der Waals surface area contributed by atoms with Crippen LogP contribution in [0.3, 0.4) is 0 Å². The molecule has 2 N–H and O–H groups in total. The van der Waals surface area contributed by atoms with Gasteiger partial charge in [-0.1, -0.05) is 12.8 Å². The highest BCUT2D eigenvalue weighted by Gasteiger charge is 2.33. The van der Waals surface area contributed by atoms with Gasteiger partial charge < -0.3 is 5.73 Å². The van der Waals surface area contributed by atoms with Crippen LogP contribution in [0.2, 0.25) is 0 Å². The highest BCUT2D eigenvalue weighted by molar-refractivity contribution is 4.97. The molecule has 0 amide bonds. The summed E-state index contributed by atoms with van der Waals surface area (Å²) in [6, 6.07) is 0. The first-order valence-corrected chi connectivity index (χ1v) is 5.86. The van der Waals surface area contributed by atoms with Crippen LogP contribution in [0, 0.1) is 5.41 Å². The van der Waals surface area contributed by atoms with Gasteiger partial charge >= 0.3 is 0 Å². The van der Waals surface area contributed by atoms with E-state index in [0.717, 1.165) is 25.3 Å². The molecule has 0 aromatic carbocycles. The zero-order valence-electron chi connectivity index (χ0n) is 9.45. The zero-order chi connectivity index (χ0) is 10.7. The molecule has 1 aromatic heterocycles. The van der Waals surface area contributed by atoms with Gasteiger partial charge in [-0.3, -0.25) is 4.68 Å². The summed E-state index contributed by atoms with van der Waals surface area (Å²) in [7, 11) is 0. The maximum absolute atomic E-state index is 5.92. The maximum Gasteiger partial charge on any atom is 0.138 e. The predicted octanol–water partition coefficient (Wildman–Crippen LogP) is 1.36. The van der Waals surface area contributed by atoms with Crippen LogP contribution in [0.25, 0.3) is 0 Å². The molecule has 84 valence electrons. The van der Waals surface area contributed by atoms with Gasteiger partial charge in [0, 0.05) is 13.0 Å². The molecule has 0 atom stereocenters. The van der Waals surface area contributed by atoms with Crippen molar-refractivity contribution in [2.45, 2.75) is 45.6 Å². The topological polar surface area (TPSA) is 56.7 Å². The average Bonchev–Trinajstić information content (AvgIpc) is 2.88. The number of rotatable bonds is 4. The lowest BCUT2D eigenvalue weighted by atomic mass is 9.82. The zero-order valence-corrected chi connectivity index (χ0v) is 9.45. The van der Waals surface area contributed by atoms with Gasteiger partial charge in [0.2, 0.25) is 0 Å². The molecule has 4 nitrogen and oxygen atoms in total. The summed E-state index contributed by atoms with van der Waals surface area (Å²) in [4.78, 5) is 4.34. The Balaban J connectivity index is 2.12. The quantitative estimate of drug-likeness (QED) is 0.812. The van der Waals surface area contributed by atoms with Crippen molar-refractivity contribution in [3.63, 3.8) is 0 Å². The molecular formula is C11H20N4. The Labute approximate surface area is 90.9 Å². The van der Waals surface area contributed by atoms with Gasteiger partial charge in [-0.25, -0.2) is 4.98 Å². The minimum Gasteiger partial charge on any atom is -0.330 e. The average molecular weight is 208 g/mol. The summed E-state index contributed by atoms with van der Waals surface area (Å²) < 4.78 is 1.98.